The summed E-state index contributed by atoms with van der Waals surface area (Å²) >= 11 is 5.57. The van der Waals surface area contributed by atoms with Gasteiger partial charge in [-0.2, -0.15) is 0 Å². The van der Waals surface area contributed by atoms with Crippen LogP contribution in [-0.4, -0.2) is 29.3 Å². The van der Waals surface area contributed by atoms with Crippen molar-refractivity contribution in [1.82, 2.24) is 0 Å². The average molecular weight is 279 g/mol. The average Bonchev–Trinajstić information content (AvgIpc) is 2.43. The van der Waals surface area contributed by atoms with Gasteiger partial charge in [0.05, 0.1) is 5.88 Å². The highest BCUT2D eigenvalue weighted by Crippen LogP contribution is 2.28. The van der Waals surface area contributed by atoms with Crippen molar-refractivity contribution in [3.05, 3.63) is 42.0 Å². The first kappa shape index (κ1) is 13.4. The van der Waals surface area contributed by atoms with E-state index >= 15 is 0 Å². The third kappa shape index (κ3) is 2.69. The molecule has 2 aromatic carbocycles. The molecular weight excluding hydrogens is 268 g/mol. The maximum Gasteiger partial charge on any atom is 0.377 e. The summed E-state index contributed by atoms with van der Waals surface area (Å²) in [5.41, 5.74) is 0.154. The summed E-state index contributed by atoms with van der Waals surface area (Å²) < 4.78 is 5.47. The Kier molecular flexibility index (Phi) is 4.02. The van der Waals surface area contributed by atoms with Crippen LogP contribution < -0.4 is 4.74 Å². The van der Waals surface area contributed by atoms with E-state index in [1.54, 1.807) is 30.3 Å². The number of benzene rings is 2. The molecule has 0 aliphatic carbocycles. The van der Waals surface area contributed by atoms with Crippen LogP contribution in [0.3, 0.4) is 0 Å². The first-order chi connectivity index (χ1) is 9.15. The molecule has 2 rings (SSSR count). The molecule has 98 valence electrons. The second kappa shape index (κ2) is 5.71. The lowest BCUT2D eigenvalue weighted by Gasteiger charge is -2.10. The highest BCUT2D eigenvalue weighted by Gasteiger charge is 2.18. The molecule has 0 heterocycles. The number of halogens is 1. The van der Waals surface area contributed by atoms with Crippen LogP contribution >= 0.6 is 11.6 Å². The molecule has 1 N–H and O–H groups in total. The maximum atomic E-state index is 11.6. The minimum Gasteiger partial charge on any atom is -0.492 e. The number of carbonyl (C=O) groups excluding carboxylic acids is 1. The Morgan fingerprint density at radius 1 is 1.11 bits per heavy atom. The van der Waals surface area contributed by atoms with Gasteiger partial charge in [0.25, 0.3) is 5.78 Å². The highest BCUT2D eigenvalue weighted by molar-refractivity contribution is 6.42. The predicted octanol–water partition coefficient (Wildman–Crippen LogP) is 2.72. The van der Waals surface area contributed by atoms with E-state index < -0.39 is 11.8 Å². The lowest BCUT2D eigenvalue weighted by atomic mass is 10.0. The van der Waals surface area contributed by atoms with E-state index in [9.17, 15) is 9.59 Å². The Hall–Kier alpha value is -2.07. The van der Waals surface area contributed by atoms with E-state index in [4.69, 9.17) is 21.4 Å². The number of carboxylic acid groups (broad SMARTS) is 1. The topological polar surface area (TPSA) is 63.6 Å². The second-order valence-corrected chi connectivity index (χ2v) is 4.21. The molecule has 19 heavy (non-hydrogen) atoms. The van der Waals surface area contributed by atoms with Gasteiger partial charge in [-0.05, 0) is 17.5 Å². The molecule has 0 fully saturated rings. The largest absolute Gasteiger partial charge is 0.492 e. The van der Waals surface area contributed by atoms with E-state index in [0.717, 1.165) is 0 Å². The smallest absolute Gasteiger partial charge is 0.377 e. The van der Waals surface area contributed by atoms with E-state index in [0.29, 0.717) is 29.0 Å². The zero-order chi connectivity index (χ0) is 13.8. The van der Waals surface area contributed by atoms with Gasteiger partial charge >= 0.3 is 5.97 Å². The van der Waals surface area contributed by atoms with Gasteiger partial charge in [-0.3, -0.25) is 4.79 Å². The van der Waals surface area contributed by atoms with Crippen LogP contribution in [-0.2, 0) is 4.79 Å². The van der Waals surface area contributed by atoms with Crippen LogP contribution in [0.1, 0.15) is 10.4 Å². The Morgan fingerprint density at radius 2 is 1.79 bits per heavy atom. The number of carbonyl (C=O) groups is 2. The number of ether oxygens (including phenoxy) is 1. The van der Waals surface area contributed by atoms with Crippen LogP contribution in [0.5, 0.6) is 5.75 Å². The number of fused-ring (bicyclic) bond motifs is 1. The fourth-order valence-corrected chi connectivity index (χ4v) is 1.94. The summed E-state index contributed by atoms with van der Waals surface area (Å²) in [7, 11) is 0. The van der Waals surface area contributed by atoms with E-state index in [-0.39, 0.29) is 5.56 Å². The fourth-order valence-electron chi connectivity index (χ4n) is 1.86. The summed E-state index contributed by atoms with van der Waals surface area (Å²) in [6, 6.07) is 10.1. The van der Waals surface area contributed by atoms with Crippen molar-refractivity contribution in [2.75, 3.05) is 12.5 Å². The van der Waals surface area contributed by atoms with Crippen molar-refractivity contribution < 1.29 is 19.4 Å². The predicted molar refractivity (Wildman–Crippen MR) is 72.1 cm³/mol. The summed E-state index contributed by atoms with van der Waals surface area (Å²) in [6.45, 7) is 0.345. The monoisotopic (exact) mass is 278 g/mol. The standard InChI is InChI=1S/C14H11ClO4/c15-7-8-19-12-6-5-11(13(16)14(17)18)9-3-1-2-4-10(9)12/h1-6H,7-8H2,(H,17,18). The minimum absolute atomic E-state index is 0.154. The Morgan fingerprint density at radius 3 is 2.42 bits per heavy atom. The van der Waals surface area contributed by atoms with E-state index in [1.165, 1.54) is 6.07 Å². The molecule has 0 aliphatic rings. The summed E-state index contributed by atoms with van der Waals surface area (Å²) in [4.78, 5) is 22.4. The van der Waals surface area contributed by atoms with Crippen molar-refractivity contribution >= 4 is 34.1 Å². The molecule has 0 spiro atoms. The molecule has 0 aromatic heterocycles. The van der Waals surface area contributed by atoms with Crippen LogP contribution in [0.2, 0.25) is 0 Å². The van der Waals surface area contributed by atoms with Crippen LogP contribution in [0, 0.1) is 0 Å². The number of alkyl halides is 1. The van der Waals surface area contributed by atoms with Crippen LogP contribution in [0.15, 0.2) is 36.4 Å². The van der Waals surface area contributed by atoms with Gasteiger partial charge in [0.1, 0.15) is 12.4 Å². The van der Waals surface area contributed by atoms with Gasteiger partial charge < -0.3 is 9.84 Å². The number of hydrogen-bond donors (Lipinski definition) is 1. The third-order valence-corrected chi connectivity index (χ3v) is 2.81. The molecule has 0 saturated carbocycles. The molecular formula is C14H11ClO4. The van der Waals surface area contributed by atoms with Gasteiger partial charge in [-0.1, -0.05) is 24.3 Å². The van der Waals surface area contributed by atoms with Crippen LogP contribution in [0.4, 0.5) is 0 Å². The molecule has 5 heteroatoms. The number of rotatable bonds is 5. The molecule has 0 saturated heterocycles. The van der Waals surface area contributed by atoms with Crippen molar-refractivity contribution in [2.45, 2.75) is 0 Å². The SMILES string of the molecule is O=C(O)C(=O)c1ccc(OCCCl)c2ccccc12. The van der Waals surface area contributed by atoms with Crippen molar-refractivity contribution in [2.24, 2.45) is 0 Å². The minimum atomic E-state index is -1.47. The Labute approximate surface area is 114 Å². The third-order valence-electron chi connectivity index (χ3n) is 2.66. The summed E-state index contributed by atoms with van der Waals surface area (Å²) in [6.07, 6.45) is 0. The van der Waals surface area contributed by atoms with E-state index in [1.807, 2.05) is 0 Å². The fraction of sp³-hybridized carbons (Fsp3) is 0.143. The Bertz CT molecular complexity index is 636. The number of Topliss-reactive ketones (excluding diaryl/α,β-unsaturated/α-hetero) is 1. The Balaban J connectivity index is 2.58. The zero-order valence-corrected chi connectivity index (χ0v) is 10.7. The molecule has 0 radical (unpaired) electrons. The molecule has 0 atom stereocenters. The zero-order valence-electron chi connectivity index (χ0n) is 9.93. The molecule has 0 aliphatic heterocycles. The van der Waals surface area contributed by atoms with Crippen molar-refractivity contribution in [1.29, 1.82) is 0 Å². The van der Waals surface area contributed by atoms with Crippen molar-refractivity contribution in [3.63, 3.8) is 0 Å². The summed E-state index contributed by atoms with van der Waals surface area (Å²) in [5.74, 6) is -1.47. The van der Waals surface area contributed by atoms with E-state index in [2.05, 4.69) is 0 Å². The molecule has 0 bridgehead atoms. The van der Waals surface area contributed by atoms with Gasteiger partial charge in [-0.25, -0.2) is 4.79 Å². The number of ketones is 1. The molecule has 0 unspecified atom stereocenters. The number of hydrogen-bond acceptors (Lipinski definition) is 3. The molecule has 0 amide bonds. The van der Waals surface area contributed by atoms with Gasteiger partial charge in [-0.15, -0.1) is 11.6 Å². The van der Waals surface area contributed by atoms with Crippen molar-refractivity contribution in [3.8, 4) is 5.75 Å². The number of carboxylic acids is 1. The molecule has 4 nitrogen and oxygen atoms in total. The lowest BCUT2D eigenvalue weighted by Crippen LogP contribution is -2.13. The van der Waals surface area contributed by atoms with Gasteiger partial charge in [0, 0.05) is 10.9 Å². The summed E-state index contributed by atoms with van der Waals surface area (Å²) in [5, 5.41) is 10.1. The normalized spacial score (nSPS) is 10.4. The van der Waals surface area contributed by atoms with Crippen LogP contribution in [0.25, 0.3) is 10.8 Å². The van der Waals surface area contributed by atoms with Gasteiger partial charge in [0.2, 0.25) is 0 Å². The lowest BCUT2D eigenvalue weighted by molar-refractivity contribution is -0.131. The second-order valence-electron chi connectivity index (χ2n) is 3.83. The first-order valence-corrected chi connectivity index (χ1v) is 6.16. The highest BCUT2D eigenvalue weighted by atomic mass is 35.5. The molecule has 2 aromatic rings. The first-order valence-electron chi connectivity index (χ1n) is 5.63. The maximum absolute atomic E-state index is 11.6. The quantitative estimate of drug-likeness (QED) is 0.519. The van der Waals surface area contributed by atoms with Gasteiger partial charge in [0.15, 0.2) is 0 Å². The number of aliphatic carboxylic acids is 1.